The van der Waals surface area contributed by atoms with Gasteiger partial charge in [-0.2, -0.15) is 0 Å². The number of amides is 1. The van der Waals surface area contributed by atoms with Crippen molar-refractivity contribution in [2.45, 2.75) is 65.0 Å². The van der Waals surface area contributed by atoms with E-state index in [4.69, 9.17) is 14.2 Å². The predicted octanol–water partition coefficient (Wildman–Crippen LogP) is 2.63. The van der Waals surface area contributed by atoms with Crippen molar-refractivity contribution in [2.75, 3.05) is 5.32 Å². The Morgan fingerprint density at radius 2 is 1.39 bits per heavy atom. The molecule has 2 aliphatic heterocycles. The van der Waals surface area contributed by atoms with Crippen molar-refractivity contribution in [3.8, 4) is 0 Å². The van der Waals surface area contributed by atoms with Gasteiger partial charge in [-0.15, -0.1) is 0 Å². The summed E-state index contributed by atoms with van der Waals surface area (Å²) in [7, 11) is 0. The fraction of sp³-hybridized carbons (Fsp3) is 0.545. The van der Waals surface area contributed by atoms with Crippen molar-refractivity contribution in [1.29, 1.82) is 0 Å². The van der Waals surface area contributed by atoms with Crippen LogP contribution in [0.4, 0.5) is 5.69 Å². The van der Waals surface area contributed by atoms with Crippen LogP contribution in [0.2, 0.25) is 0 Å². The molecular weight excluding hydrogens is 406 g/mol. The number of rotatable bonds is 7. The Hall–Kier alpha value is -2.94. The normalized spacial score (nSPS) is 24.3. The van der Waals surface area contributed by atoms with Gasteiger partial charge in [-0.1, -0.05) is 0 Å². The zero-order valence-electron chi connectivity index (χ0n) is 17.9. The molecule has 0 radical (unpaired) electrons. The monoisotopic (exact) mass is 433 g/mol. The van der Waals surface area contributed by atoms with Crippen LogP contribution in [0, 0.1) is 11.8 Å². The minimum absolute atomic E-state index is 0.0705. The first kappa shape index (κ1) is 22.7. The van der Waals surface area contributed by atoms with Gasteiger partial charge < -0.3 is 24.6 Å². The van der Waals surface area contributed by atoms with E-state index in [1.165, 1.54) is 18.2 Å². The number of fused-ring (bicyclic) bond motifs is 2. The van der Waals surface area contributed by atoms with Crippen LogP contribution < -0.4 is 5.32 Å². The molecule has 9 nitrogen and oxygen atoms in total. The highest BCUT2D eigenvalue weighted by atomic mass is 16.5. The molecular formula is C22H27NO8. The quantitative estimate of drug-likeness (QED) is 0.628. The molecule has 31 heavy (non-hydrogen) atoms. The minimum Gasteiger partial charge on any atom is -0.481 e. The van der Waals surface area contributed by atoms with Crippen LogP contribution in [0.15, 0.2) is 18.2 Å². The van der Waals surface area contributed by atoms with Crippen LogP contribution in [-0.2, 0) is 23.8 Å². The summed E-state index contributed by atoms with van der Waals surface area (Å²) < 4.78 is 16.0. The maximum atomic E-state index is 13.0. The molecule has 0 aromatic heterocycles. The van der Waals surface area contributed by atoms with Crippen molar-refractivity contribution in [3.63, 3.8) is 0 Å². The lowest BCUT2D eigenvalue weighted by atomic mass is 9.78. The van der Waals surface area contributed by atoms with Crippen molar-refractivity contribution in [2.24, 2.45) is 11.8 Å². The molecule has 4 atom stereocenters. The second-order valence-electron chi connectivity index (χ2n) is 8.38. The van der Waals surface area contributed by atoms with Crippen LogP contribution in [0.5, 0.6) is 0 Å². The third kappa shape index (κ3) is 5.04. The van der Waals surface area contributed by atoms with Crippen LogP contribution >= 0.6 is 0 Å². The number of hydrogen-bond donors (Lipinski definition) is 2. The number of hydrogen-bond acceptors (Lipinski definition) is 7. The number of carboxylic acid groups (broad SMARTS) is 1. The van der Waals surface area contributed by atoms with E-state index in [0.717, 1.165) is 0 Å². The SMILES string of the molecule is CC(C)OC(=O)c1cc(NC(=O)[C@H]2[C@H](C(=O)O)[C@H]3CC[C@H]2O3)cc(C(=O)OC(C)C)c1. The van der Waals surface area contributed by atoms with Gasteiger partial charge in [0.1, 0.15) is 0 Å². The molecule has 2 N–H and O–H groups in total. The Balaban J connectivity index is 1.88. The number of nitrogens with one attached hydrogen (secondary N) is 1. The number of carbonyl (C=O) groups is 4. The van der Waals surface area contributed by atoms with Gasteiger partial charge in [0, 0.05) is 5.69 Å². The summed E-state index contributed by atoms with van der Waals surface area (Å²) in [5.41, 5.74) is 0.313. The second-order valence-corrected chi connectivity index (χ2v) is 8.38. The van der Waals surface area contributed by atoms with E-state index in [9.17, 15) is 24.3 Å². The van der Waals surface area contributed by atoms with Gasteiger partial charge in [0.15, 0.2) is 0 Å². The molecule has 2 bridgehead atoms. The van der Waals surface area contributed by atoms with Crippen LogP contribution in [0.25, 0.3) is 0 Å². The van der Waals surface area contributed by atoms with E-state index in [1.54, 1.807) is 27.7 Å². The van der Waals surface area contributed by atoms with E-state index in [0.29, 0.717) is 12.8 Å². The molecule has 2 aliphatic rings. The molecule has 0 spiro atoms. The lowest BCUT2D eigenvalue weighted by molar-refractivity contribution is -0.147. The second kappa shape index (κ2) is 9.05. The molecule has 2 heterocycles. The van der Waals surface area contributed by atoms with Gasteiger partial charge in [-0.05, 0) is 58.7 Å². The maximum Gasteiger partial charge on any atom is 0.338 e. The van der Waals surface area contributed by atoms with Gasteiger partial charge in [0.05, 0.1) is 47.4 Å². The predicted molar refractivity (Wildman–Crippen MR) is 109 cm³/mol. The topological polar surface area (TPSA) is 128 Å². The maximum absolute atomic E-state index is 13.0. The number of carbonyl (C=O) groups excluding carboxylic acids is 3. The van der Waals surface area contributed by atoms with E-state index in [-0.39, 0.29) is 29.0 Å². The third-order valence-electron chi connectivity index (χ3n) is 5.22. The summed E-state index contributed by atoms with van der Waals surface area (Å²) in [6, 6.07) is 4.11. The number of aliphatic carboxylic acids is 1. The summed E-state index contributed by atoms with van der Waals surface area (Å²) in [5, 5.41) is 12.2. The lowest BCUT2D eigenvalue weighted by Gasteiger charge is -2.24. The Kier molecular flexibility index (Phi) is 6.64. The largest absolute Gasteiger partial charge is 0.481 e. The van der Waals surface area contributed by atoms with Crippen molar-refractivity contribution in [3.05, 3.63) is 29.3 Å². The standard InChI is InChI=1S/C22H27NO8/c1-10(2)29-21(27)12-7-13(22(28)30-11(3)4)9-14(8-12)23-19(24)17-15-5-6-16(31-15)18(17)20(25)26/h7-11,15-18H,5-6H2,1-4H3,(H,23,24)(H,25,26)/t15-,16-,17-,18-/m1/s1. The van der Waals surface area contributed by atoms with Gasteiger partial charge >= 0.3 is 17.9 Å². The number of ether oxygens (including phenoxy) is 3. The lowest BCUT2D eigenvalue weighted by Crippen LogP contribution is -2.41. The Morgan fingerprint density at radius 3 is 1.84 bits per heavy atom. The van der Waals surface area contributed by atoms with Gasteiger partial charge in [0.2, 0.25) is 5.91 Å². The average molecular weight is 433 g/mol. The molecule has 2 fully saturated rings. The first-order valence-electron chi connectivity index (χ1n) is 10.3. The third-order valence-corrected chi connectivity index (χ3v) is 5.22. The molecule has 1 aromatic rings. The molecule has 168 valence electrons. The van der Waals surface area contributed by atoms with Gasteiger partial charge in [-0.25, -0.2) is 9.59 Å². The number of benzene rings is 1. The Bertz CT molecular complexity index is 853. The molecule has 0 aliphatic carbocycles. The molecule has 2 saturated heterocycles. The summed E-state index contributed by atoms with van der Waals surface area (Å²) in [4.78, 5) is 49.4. The molecule has 3 rings (SSSR count). The zero-order valence-corrected chi connectivity index (χ0v) is 17.9. The summed E-state index contributed by atoms with van der Waals surface area (Å²) in [6.45, 7) is 6.77. The number of esters is 2. The molecule has 0 unspecified atom stereocenters. The summed E-state index contributed by atoms with van der Waals surface area (Å²) in [5.74, 6) is -4.71. The molecule has 9 heteroatoms. The first-order chi connectivity index (χ1) is 14.6. The van der Waals surface area contributed by atoms with Gasteiger partial charge in [0.25, 0.3) is 0 Å². The van der Waals surface area contributed by atoms with Crippen LogP contribution in [0.3, 0.4) is 0 Å². The van der Waals surface area contributed by atoms with Crippen molar-refractivity contribution < 1.29 is 38.5 Å². The highest BCUT2D eigenvalue weighted by Gasteiger charge is 2.55. The van der Waals surface area contributed by atoms with Crippen molar-refractivity contribution in [1.82, 2.24) is 0 Å². The van der Waals surface area contributed by atoms with Crippen molar-refractivity contribution >= 4 is 29.5 Å². The average Bonchev–Trinajstić information content (AvgIpc) is 3.28. The molecule has 0 saturated carbocycles. The summed E-state index contributed by atoms with van der Waals surface area (Å²) >= 11 is 0. The van der Waals surface area contributed by atoms with E-state index in [1.807, 2.05) is 0 Å². The van der Waals surface area contributed by atoms with E-state index in [2.05, 4.69) is 5.32 Å². The van der Waals surface area contributed by atoms with Gasteiger partial charge in [-0.3, -0.25) is 9.59 Å². The highest BCUT2D eigenvalue weighted by Crippen LogP contribution is 2.44. The van der Waals surface area contributed by atoms with Crippen LogP contribution in [-0.4, -0.2) is 53.3 Å². The van der Waals surface area contributed by atoms with E-state index >= 15 is 0 Å². The first-order valence-corrected chi connectivity index (χ1v) is 10.3. The number of carboxylic acids is 1. The van der Waals surface area contributed by atoms with E-state index < -0.39 is 47.9 Å². The fourth-order valence-electron chi connectivity index (χ4n) is 4.05. The highest BCUT2D eigenvalue weighted by molar-refractivity contribution is 6.01. The Labute approximate surface area is 180 Å². The molecule has 1 amide bonds. The summed E-state index contributed by atoms with van der Waals surface area (Å²) in [6.07, 6.45) is -0.488. The smallest absolute Gasteiger partial charge is 0.338 e. The fourth-order valence-corrected chi connectivity index (χ4v) is 4.05. The zero-order chi connectivity index (χ0) is 22.9. The number of anilines is 1. The minimum atomic E-state index is -1.08. The Morgan fingerprint density at radius 1 is 0.903 bits per heavy atom. The molecule has 1 aromatic carbocycles. The van der Waals surface area contributed by atoms with Crippen LogP contribution in [0.1, 0.15) is 61.3 Å².